The Morgan fingerprint density at radius 3 is 2.28 bits per heavy atom. The molecule has 1 aliphatic rings. The van der Waals surface area contributed by atoms with Gasteiger partial charge in [-0.05, 0) is 26.7 Å². The highest BCUT2D eigenvalue weighted by Crippen LogP contribution is 2.16. The number of carbonyl (C=O) groups excluding carboxylic acids is 1. The van der Waals surface area contributed by atoms with Crippen LogP contribution in [0.3, 0.4) is 0 Å². The summed E-state index contributed by atoms with van der Waals surface area (Å²) < 4.78 is 22.3. The molecule has 0 saturated carbocycles. The van der Waals surface area contributed by atoms with Crippen molar-refractivity contribution in [3.8, 4) is 0 Å². The molecule has 0 radical (unpaired) electrons. The highest BCUT2D eigenvalue weighted by Gasteiger charge is 2.31. The molecule has 0 aliphatic carbocycles. The van der Waals surface area contributed by atoms with Crippen molar-refractivity contribution < 1.29 is 13.2 Å². The summed E-state index contributed by atoms with van der Waals surface area (Å²) in [4.78, 5) is 12.6. The van der Waals surface area contributed by atoms with E-state index in [0.717, 1.165) is 12.8 Å². The molecule has 1 heterocycles. The Balaban J connectivity index is 2.41. The van der Waals surface area contributed by atoms with Crippen LogP contribution in [-0.2, 0) is 9.84 Å². The van der Waals surface area contributed by atoms with Gasteiger partial charge in [-0.2, -0.15) is 0 Å². The zero-order valence-electron chi connectivity index (χ0n) is 11.3. The molecule has 3 N–H and O–H groups in total. The van der Waals surface area contributed by atoms with Crippen molar-refractivity contribution in [2.75, 3.05) is 25.9 Å². The first-order chi connectivity index (χ1) is 8.13. The van der Waals surface area contributed by atoms with Gasteiger partial charge in [0.15, 0.2) is 9.84 Å². The number of piperidine rings is 1. The zero-order chi connectivity index (χ0) is 14.0. The fourth-order valence-corrected chi connectivity index (χ4v) is 2.17. The molecule has 6 nitrogen and oxygen atoms in total. The standard InChI is InChI=1S/C11H23N3O3S/c1-11(2,18(3,16)17)8-13-9-4-6-14(7-5-9)10(12)15/h9,13H,4-8H2,1-3H3,(H2,12,15). The molecule has 0 aromatic heterocycles. The summed E-state index contributed by atoms with van der Waals surface area (Å²) in [7, 11) is -3.07. The van der Waals surface area contributed by atoms with Gasteiger partial charge in [-0.25, -0.2) is 13.2 Å². The quantitative estimate of drug-likeness (QED) is 0.753. The number of amides is 2. The lowest BCUT2D eigenvalue weighted by Gasteiger charge is -2.33. The summed E-state index contributed by atoms with van der Waals surface area (Å²) in [6.45, 7) is 5.12. The van der Waals surface area contributed by atoms with Gasteiger partial charge in [0.05, 0.1) is 4.75 Å². The summed E-state index contributed by atoms with van der Waals surface area (Å²) in [5.41, 5.74) is 5.20. The molecule has 0 aromatic rings. The maximum Gasteiger partial charge on any atom is 0.314 e. The highest BCUT2D eigenvalue weighted by atomic mass is 32.2. The van der Waals surface area contributed by atoms with E-state index >= 15 is 0 Å². The molecule has 0 unspecified atom stereocenters. The van der Waals surface area contributed by atoms with Crippen molar-refractivity contribution in [2.24, 2.45) is 5.73 Å². The molecule has 7 heteroatoms. The van der Waals surface area contributed by atoms with Crippen LogP contribution in [0.2, 0.25) is 0 Å². The van der Waals surface area contributed by atoms with E-state index in [1.807, 2.05) is 0 Å². The summed E-state index contributed by atoms with van der Waals surface area (Å²) in [5, 5.41) is 3.27. The van der Waals surface area contributed by atoms with E-state index in [1.165, 1.54) is 6.26 Å². The Kier molecular flexibility index (Phi) is 4.61. The number of hydrogen-bond donors (Lipinski definition) is 2. The third-order valence-electron chi connectivity index (χ3n) is 3.63. The zero-order valence-corrected chi connectivity index (χ0v) is 12.1. The third-order valence-corrected chi connectivity index (χ3v) is 5.78. The molecular formula is C11H23N3O3S. The Morgan fingerprint density at radius 2 is 1.89 bits per heavy atom. The number of hydrogen-bond acceptors (Lipinski definition) is 4. The van der Waals surface area contributed by atoms with Crippen molar-refractivity contribution in [2.45, 2.75) is 37.5 Å². The van der Waals surface area contributed by atoms with E-state index < -0.39 is 14.6 Å². The molecular weight excluding hydrogens is 254 g/mol. The first kappa shape index (κ1) is 15.2. The number of likely N-dealkylation sites (tertiary alicyclic amines) is 1. The van der Waals surface area contributed by atoms with Crippen molar-refractivity contribution in [3.05, 3.63) is 0 Å². The van der Waals surface area contributed by atoms with Crippen LogP contribution in [0.25, 0.3) is 0 Å². The van der Waals surface area contributed by atoms with Gasteiger partial charge in [-0.3, -0.25) is 0 Å². The topological polar surface area (TPSA) is 92.5 Å². The molecule has 0 spiro atoms. The minimum absolute atomic E-state index is 0.252. The van der Waals surface area contributed by atoms with Crippen molar-refractivity contribution >= 4 is 15.9 Å². The Hall–Kier alpha value is -0.820. The molecule has 18 heavy (non-hydrogen) atoms. The summed E-state index contributed by atoms with van der Waals surface area (Å²) in [5.74, 6) is 0. The predicted molar refractivity (Wildman–Crippen MR) is 71.1 cm³/mol. The molecule has 1 fully saturated rings. The minimum atomic E-state index is -3.07. The summed E-state index contributed by atoms with van der Waals surface area (Å²) in [6, 6.07) is -0.133. The van der Waals surface area contributed by atoms with Crippen LogP contribution >= 0.6 is 0 Å². The Morgan fingerprint density at radius 1 is 1.39 bits per heavy atom. The number of nitrogens with one attached hydrogen (secondary N) is 1. The maximum absolute atomic E-state index is 11.6. The van der Waals surface area contributed by atoms with E-state index in [0.29, 0.717) is 19.6 Å². The van der Waals surface area contributed by atoms with Gasteiger partial charge in [0, 0.05) is 31.9 Å². The molecule has 1 aliphatic heterocycles. The van der Waals surface area contributed by atoms with Crippen LogP contribution < -0.4 is 11.1 Å². The third kappa shape index (κ3) is 3.84. The number of primary amides is 1. The average molecular weight is 277 g/mol. The second-order valence-electron chi connectivity index (χ2n) is 5.51. The van der Waals surface area contributed by atoms with E-state index in [-0.39, 0.29) is 12.1 Å². The SMILES string of the molecule is CC(C)(CNC1CCN(C(N)=O)CC1)S(C)(=O)=O. The summed E-state index contributed by atoms with van der Waals surface area (Å²) >= 11 is 0. The second-order valence-corrected chi connectivity index (χ2v) is 8.16. The predicted octanol–water partition coefficient (Wildman–Crippen LogP) is -0.0577. The molecule has 0 aromatic carbocycles. The van der Waals surface area contributed by atoms with Crippen molar-refractivity contribution in [1.29, 1.82) is 0 Å². The lowest BCUT2D eigenvalue weighted by Crippen LogP contribution is -2.50. The second kappa shape index (κ2) is 5.44. The van der Waals surface area contributed by atoms with Gasteiger partial charge in [-0.15, -0.1) is 0 Å². The molecule has 1 rings (SSSR count). The van der Waals surface area contributed by atoms with Gasteiger partial charge in [0.1, 0.15) is 0 Å². The van der Waals surface area contributed by atoms with Gasteiger partial charge >= 0.3 is 6.03 Å². The van der Waals surface area contributed by atoms with Crippen LogP contribution in [0.4, 0.5) is 4.79 Å². The van der Waals surface area contributed by atoms with Crippen molar-refractivity contribution in [3.63, 3.8) is 0 Å². The van der Waals surface area contributed by atoms with Crippen LogP contribution in [0.5, 0.6) is 0 Å². The largest absolute Gasteiger partial charge is 0.351 e. The molecule has 2 amide bonds. The van der Waals surface area contributed by atoms with E-state index in [1.54, 1.807) is 18.7 Å². The lowest BCUT2D eigenvalue weighted by molar-refractivity contribution is 0.184. The Labute approximate surface area is 109 Å². The van der Waals surface area contributed by atoms with Gasteiger partial charge < -0.3 is 16.0 Å². The fraction of sp³-hybridized carbons (Fsp3) is 0.909. The van der Waals surface area contributed by atoms with Crippen LogP contribution in [0.15, 0.2) is 0 Å². The van der Waals surface area contributed by atoms with E-state index in [4.69, 9.17) is 5.73 Å². The van der Waals surface area contributed by atoms with Crippen LogP contribution in [0, 0.1) is 0 Å². The highest BCUT2D eigenvalue weighted by molar-refractivity contribution is 7.92. The minimum Gasteiger partial charge on any atom is -0.351 e. The Bertz CT molecular complexity index is 398. The van der Waals surface area contributed by atoms with Crippen LogP contribution in [0.1, 0.15) is 26.7 Å². The summed E-state index contributed by atoms with van der Waals surface area (Å²) in [6.07, 6.45) is 2.87. The first-order valence-corrected chi connectivity index (χ1v) is 8.00. The number of urea groups is 1. The molecule has 0 bridgehead atoms. The van der Waals surface area contributed by atoms with Gasteiger partial charge in [0.2, 0.25) is 0 Å². The van der Waals surface area contributed by atoms with E-state index in [9.17, 15) is 13.2 Å². The fourth-order valence-electron chi connectivity index (χ4n) is 1.83. The number of carbonyl (C=O) groups is 1. The maximum atomic E-state index is 11.6. The molecule has 106 valence electrons. The normalized spacial score (nSPS) is 18.9. The van der Waals surface area contributed by atoms with E-state index in [2.05, 4.69) is 5.32 Å². The van der Waals surface area contributed by atoms with Crippen molar-refractivity contribution in [1.82, 2.24) is 10.2 Å². The smallest absolute Gasteiger partial charge is 0.314 e. The number of nitrogens with two attached hydrogens (primary N) is 1. The number of sulfone groups is 1. The van der Waals surface area contributed by atoms with Crippen LogP contribution in [-0.4, -0.2) is 56.0 Å². The van der Waals surface area contributed by atoms with Gasteiger partial charge in [-0.1, -0.05) is 0 Å². The number of nitrogens with zero attached hydrogens (tertiary/aromatic N) is 1. The molecule has 0 atom stereocenters. The average Bonchev–Trinajstić information content (AvgIpc) is 2.25. The lowest BCUT2D eigenvalue weighted by atomic mass is 10.0. The monoisotopic (exact) mass is 277 g/mol. The van der Waals surface area contributed by atoms with Gasteiger partial charge in [0.25, 0.3) is 0 Å². The first-order valence-electron chi connectivity index (χ1n) is 6.11. The number of rotatable bonds is 4. The molecule has 1 saturated heterocycles.